The molecule has 3 aromatic rings. The van der Waals surface area contributed by atoms with Crippen molar-refractivity contribution < 1.29 is 19.0 Å². The molecule has 0 aromatic heterocycles. The number of carbonyl (C=O) groups excluding carboxylic acids is 1. The molecule has 5 nitrogen and oxygen atoms in total. The zero-order valence-electron chi connectivity index (χ0n) is 17.1. The van der Waals surface area contributed by atoms with Crippen molar-refractivity contribution >= 4 is 24.5 Å². The molecule has 6 heteroatoms. The molecular formula is C24H26NO4P. The number of carbonyl (C=O) groups is 1. The first-order valence-corrected chi connectivity index (χ1v) is 10.9. The number of hydrogen-bond donors (Lipinski definition) is 1. The second-order valence-corrected chi connectivity index (χ2v) is 9.14. The van der Waals surface area contributed by atoms with Gasteiger partial charge in [0.15, 0.2) is 11.6 Å². The van der Waals surface area contributed by atoms with E-state index in [1.54, 1.807) is 0 Å². The van der Waals surface area contributed by atoms with Crippen LogP contribution in [0, 0.1) is 0 Å². The summed E-state index contributed by atoms with van der Waals surface area (Å²) in [6, 6.07) is 28.9. The van der Waals surface area contributed by atoms with Crippen LogP contribution in [0.25, 0.3) is 0 Å². The van der Waals surface area contributed by atoms with E-state index in [-0.39, 0.29) is 6.61 Å². The van der Waals surface area contributed by atoms with E-state index in [2.05, 4.69) is 0 Å². The topological polar surface area (TPSA) is 70.8 Å². The molecule has 0 heterocycles. The SMILES string of the molecule is COC(OC)C(N)(C(=O)OCc1ccccc1)P(c1ccccc1)c1ccccc1. The lowest BCUT2D eigenvalue weighted by Gasteiger charge is -2.40. The average molecular weight is 423 g/mol. The molecule has 0 spiro atoms. The Morgan fingerprint density at radius 2 is 1.27 bits per heavy atom. The Labute approximate surface area is 178 Å². The zero-order chi connectivity index (χ0) is 21.4. The summed E-state index contributed by atoms with van der Waals surface area (Å²) in [5, 5.41) is 0.296. The van der Waals surface area contributed by atoms with Gasteiger partial charge in [0.25, 0.3) is 0 Å². The number of benzene rings is 3. The predicted octanol–water partition coefficient (Wildman–Crippen LogP) is 3.14. The molecule has 2 N–H and O–H groups in total. The van der Waals surface area contributed by atoms with Crippen LogP contribution in [0.1, 0.15) is 5.56 Å². The van der Waals surface area contributed by atoms with Crippen molar-refractivity contribution in [2.75, 3.05) is 14.2 Å². The third-order valence-corrected chi connectivity index (χ3v) is 7.49. The Kier molecular flexibility index (Phi) is 7.72. The smallest absolute Gasteiger partial charge is 0.336 e. The van der Waals surface area contributed by atoms with Gasteiger partial charge in [0.05, 0.1) is 0 Å². The molecule has 3 aromatic carbocycles. The van der Waals surface area contributed by atoms with Gasteiger partial charge in [-0.3, -0.25) is 0 Å². The maximum absolute atomic E-state index is 13.5. The zero-order valence-corrected chi connectivity index (χ0v) is 18.0. The highest BCUT2D eigenvalue weighted by atomic mass is 31.1. The fraction of sp³-hybridized carbons (Fsp3) is 0.208. The van der Waals surface area contributed by atoms with Gasteiger partial charge in [-0.05, 0) is 24.1 Å². The molecule has 0 amide bonds. The minimum Gasteiger partial charge on any atom is -0.459 e. The quantitative estimate of drug-likeness (QED) is 0.325. The Bertz CT molecular complexity index is 880. The second kappa shape index (κ2) is 10.5. The van der Waals surface area contributed by atoms with E-state index >= 15 is 0 Å². The van der Waals surface area contributed by atoms with Crippen molar-refractivity contribution in [3.8, 4) is 0 Å². The fourth-order valence-corrected chi connectivity index (χ4v) is 6.08. The lowest BCUT2D eigenvalue weighted by Crippen LogP contribution is -2.60. The van der Waals surface area contributed by atoms with Crippen molar-refractivity contribution in [3.63, 3.8) is 0 Å². The van der Waals surface area contributed by atoms with Gasteiger partial charge in [-0.2, -0.15) is 0 Å². The van der Waals surface area contributed by atoms with Crippen molar-refractivity contribution in [1.29, 1.82) is 0 Å². The summed E-state index contributed by atoms with van der Waals surface area (Å²) in [6.45, 7) is 0.117. The molecule has 0 saturated carbocycles. The molecule has 0 aliphatic carbocycles. The molecule has 0 fully saturated rings. The predicted molar refractivity (Wildman–Crippen MR) is 120 cm³/mol. The van der Waals surface area contributed by atoms with E-state index in [9.17, 15) is 4.79 Å². The van der Waals surface area contributed by atoms with Crippen LogP contribution in [0.4, 0.5) is 0 Å². The molecule has 30 heavy (non-hydrogen) atoms. The van der Waals surface area contributed by atoms with E-state index in [1.807, 2.05) is 91.0 Å². The van der Waals surface area contributed by atoms with Crippen LogP contribution in [0.5, 0.6) is 0 Å². The van der Waals surface area contributed by atoms with Crippen LogP contribution in [0.3, 0.4) is 0 Å². The normalized spacial score (nSPS) is 13.2. The Balaban J connectivity index is 2.05. The molecule has 0 bridgehead atoms. The fourth-order valence-electron chi connectivity index (χ4n) is 3.32. The number of hydrogen-bond acceptors (Lipinski definition) is 5. The highest BCUT2D eigenvalue weighted by molar-refractivity contribution is 7.75. The average Bonchev–Trinajstić information content (AvgIpc) is 2.80. The number of esters is 1. The van der Waals surface area contributed by atoms with Crippen molar-refractivity contribution in [2.45, 2.75) is 18.2 Å². The summed E-state index contributed by atoms with van der Waals surface area (Å²) >= 11 is 0. The minimum atomic E-state index is -1.56. The van der Waals surface area contributed by atoms with E-state index in [0.717, 1.165) is 16.2 Å². The largest absolute Gasteiger partial charge is 0.459 e. The summed E-state index contributed by atoms with van der Waals surface area (Å²) in [7, 11) is 1.54. The summed E-state index contributed by atoms with van der Waals surface area (Å²) in [5.74, 6) is -0.570. The summed E-state index contributed by atoms with van der Waals surface area (Å²) in [6.07, 6.45) is -0.993. The highest BCUT2D eigenvalue weighted by Crippen LogP contribution is 2.48. The molecule has 1 unspecified atom stereocenters. The standard InChI is InChI=1S/C24H26NO4P/c1-27-23(28-2)24(25,22(26)29-18-19-12-6-3-7-13-19)30(20-14-8-4-9-15-20)21-16-10-5-11-17-21/h3-17,23H,18,25H2,1-2H3. The maximum Gasteiger partial charge on any atom is 0.336 e. The molecule has 0 radical (unpaired) electrons. The first-order chi connectivity index (χ1) is 14.6. The molecular weight excluding hydrogens is 397 g/mol. The summed E-state index contributed by atoms with van der Waals surface area (Å²) in [5.41, 5.74) is 7.76. The van der Waals surface area contributed by atoms with Crippen LogP contribution in [0.2, 0.25) is 0 Å². The van der Waals surface area contributed by atoms with Gasteiger partial charge in [0, 0.05) is 14.2 Å². The number of nitrogens with two attached hydrogens (primary N) is 1. The van der Waals surface area contributed by atoms with Crippen LogP contribution >= 0.6 is 7.92 Å². The first kappa shape index (κ1) is 22.1. The van der Waals surface area contributed by atoms with Crippen LogP contribution in [0.15, 0.2) is 91.0 Å². The molecule has 0 aliphatic rings. The Morgan fingerprint density at radius 3 is 1.70 bits per heavy atom. The molecule has 3 rings (SSSR count). The van der Waals surface area contributed by atoms with Crippen molar-refractivity contribution in [1.82, 2.24) is 0 Å². The lowest BCUT2D eigenvalue weighted by molar-refractivity contribution is -0.171. The van der Waals surface area contributed by atoms with Gasteiger partial charge < -0.3 is 19.9 Å². The number of ether oxygens (including phenoxy) is 3. The number of rotatable bonds is 9. The second-order valence-electron chi connectivity index (χ2n) is 6.70. The third-order valence-electron chi connectivity index (χ3n) is 4.73. The van der Waals surface area contributed by atoms with E-state index in [0.29, 0.717) is 0 Å². The van der Waals surface area contributed by atoms with Gasteiger partial charge in [-0.1, -0.05) is 91.0 Å². The van der Waals surface area contributed by atoms with Gasteiger partial charge in [0.2, 0.25) is 0 Å². The summed E-state index contributed by atoms with van der Waals surface area (Å²) in [4.78, 5) is 13.5. The molecule has 156 valence electrons. The summed E-state index contributed by atoms with van der Waals surface area (Å²) < 4.78 is 16.8. The van der Waals surface area contributed by atoms with Crippen LogP contribution in [-0.4, -0.2) is 31.8 Å². The maximum atomic E-state index is 13.5. The van der Waals surface area contributed by atoms with Crippen LogP contribution < -0.4 is 16.3 Å². The Morgan fingerprint density at radius 1 is 0.833 bits per heavy atom. The van der Waals surface area contributed by atoms with Crippen LogP contribution in [-0.2, 0) is 25.6 Å². The van der Waals surface area contributed by atoms with Gasteiger partial charge in [-0.25, -0.2) is 4.79 Å². The van der Waals surface area contributed by atoms with Gasteiger partial charge >= 0.3 is 5.97 Å². The van der Waals surface area contributed by atoms with E-state index < -0.39 is 25.5 Å². The molecule has 0 saturated heterocycles. The molecule has 0 aliphatic heterocycles. The van der Waals surface area contributed by atoms with Crippen molar-refractivity contribution in [3.05, 3.63) is 96.6 Å². The van der Waals surface area contributed by atoms with Gasteiger partial charge in [-0.15, -0.1) is 0 Å². The first-order valence-electron chi connectivity index (χ1n) is 9.57. The van der Waals surface area contributed by atoms with E-state index in [1.165, 1.54) is 14.2 Å². The lowest BCUT2D eigenvalue weighted by atomic mass is 10.2. The Hall–Kier alpha value is -2.56. The van der Waals surface area contributed by atoms with Crippen molar-refractivity contribution in [2.24, 2.45) is 5.73 Å². The monoisotopic (exact) mass is 423 g/mol. The minimum absolute atomic E-state index is 0.117. The van der Waals surface area contributed by atoms with Gasteiger partial charge in [0.1, 0.15) is 6.61 Å². The number of methoxy groups -OCH3 is 2. The highest BCUT2D eigenvalue weighted by Gasteiger charge is 2.52. The third kappa shape index (κ3) is 4.77. The van der Waals surface area contributed by atoms with E-state index in [4.69, 9.17) is 19.9 Å². The molecule has 1 atom stereocenters.